The van der Waals surface area contributed by atoms with Crippen LogP contribution in [0.5, 0.6) is 0 Å². The van der Waals surface area contributed by atoms with Crippen molar-refractivity contribution in [2.24, 2.45) is 0 Å². The average Bonchev–Trinajstić information content (AvgIpc) is 3.09. The van der Waals surface area contributed by atoms with Crippen molar-refractivity contribution in [3.05, 3.63) is 29.5 Å². The van der Waals surface area contributed by atoms with Gasteiger partial charge in [0, 0.05) is 24.4 Å². The molecule has 1 aromatic carbocycles. The minimum Gasteiger partial charge on any atom is -0.333 e. The number of aromatic amines is 1. The molecule has 3 N–H and O–H groups in total. The van der Waals surface area contributed by atoms with Gasteiger partial charge in [-0.25, -0.2) is 4.79 Å². The van der Waals surface area contributed by atoms with Crippen LogP contribution >= 0.6 is 0 Å². The van der Waals surface area contributed by atoms with Crippen molar-refractivity contribution in [3.8, 4) is 0 Å². The lowest BCUT2D eigenvalue weighted by Gasteiger charge is -2.35. The highest BCUT2D eigenvalue weighted by Gasteiger charge is 2.36. The zero-order chi connectivity index (χ0) is 20.6. The first-order valence-corrected chi connectivity index (χ1v) is 11.3. The van der Waals surface area contributed by atoms with E-state index in [0.717, 1.165) is 54.2 Å². The van der Waals surface area contributed by atoms with E-state index in [4.69, 9.17) is 0 Å². The summed E-state index contributed by atoms with van der Waals surface area (Å²) in [7, 11) is -3.97. The van der Waals surface area contributed by atoms with E-state index in [0.29, 0.717) is 6.54 Å². The number of carbonyl (C=O) groups is 2. The van der Waals surface area contributed by atoms with E-state index in [-0.39, 0.29) is 18.4 Å². The number of benzene rings is 1. The number of piperidine rings is 1. The van der Waals surface area contributed by atoms with Gasteiger partial charge in [-0.2, -0.15) is 13.5 Å². The molecule has 0 aliphatic carbocycles. The topological polar surface area (TPSA) is 133 Å². The Kier molecular flexibility index (Phi) is 5.17. The van der Waals surface area contributed by atoms with Gasteiger partial charge in [0.25, 0.3) is 0 Å². The third-order valence-corrected chi connectivity index (χ3v) is 5.89. The minimum absolute atomic E-state index is 0.0343. The highest BCUT2D eigenvalue weighted by molar-refractivity contribution is 7.86. The van der Waals surface area contributed by atoms with Crippen LogP contribution in [0.25, 0.3) is 10.9 Å². The number of nitrogens with one attached hydrogen (secondary N) is 3. The van der Waals surface area contributed by atoms with Crippen LogP contribution in [0.3, 0.4) is 0 Å². The molecule has 0 bridgehead atoms. The van der Waals surface area contributed by atoms with Gasteiger partial charge in [0.2, 0.25) is 5.91 Å². The summed E-state index contributed by atoms with van der Waals surface area (Å²) in [5, 5.41) is 13.7. The van der Waals surface area contributed by atoms with Crippen molar-refractivity contribution in [3.63, 3.8) is 0 Å². The largest absolute Gasteiger partial charge is 0.423 e. The Morgan fingerprint density at radius 2 is 2.07 bits per heavy atom. The maximum absolute atomic E-state index is 13.4. The number of amides is 2. The SMILES string of the molecule is CS(=O)(=O)OC(=O)NC1Cc2ccc3[nH]ncc3c2CN(C2CCNCC2)C1=O. The fourth-order valence-corrected chi connectivity index (χ4v) is 4.42. The summed E-state index contributed by atoms with van der Waals surface area (Å²) in [5.74, 6) is -0.241. The van der Waals surface area contributed by atoms with Crippen LogP contribution < -0.4 is 10.6 Å². The normalized spacial score (nSPS) is 20.9. The Balaban J connectivity index is 1.69. The Hall–Kier alpha value is -2.66. The lowest BCUT2D eigenvalue weighted by Crippen LogP contribution is -2.53. The smallest absolute Gasteiger partial charge is 0.333 e. The summed E-state index contributed by atoms with van der Waals surface area (Å²) in [5.41, 5.74) is 2.78. The summed E-state index contributed by atoms with van der Waals surface area (Å²) >= 11 is 0. The first kappa shape index (κ1) is 19.6. The molecule has 0 spiro atoms. The summed E-state index contributed by atoms with van der Waals surface area (Å²) < 4.78 is 26.9. The predicted molar refractivity (Wildman–Crippen MR) is 104 cm³/mol. The van der Waals surface area contributed by atoms with Crippen molar-refractivity contribution < 1.29 is 22.2 Å². The lowest BCUT2D eigenvalue weighted by atomic mass is 9.99. The zero-order valence-corrected chi connectivity index (χ0v) is 16.8. The molecule has 11 heteroatoms. The van der Waals surface area contributed by atoms with E-state index in [1.807, 2.05) is 12.1 Å². The predicted octanol–water partition coefficient (Wildman–Crippen LogP) is 0.254. The fourth-order valence-electron chi connectivity index (χ4n) is 4.10. The Labute approximate surface area is 168 Å². The van der Waals surface area contributed by atoms with Gasteiger partial charge in [0.05, 0.1) is 18.0 Å². The van der Waals surface area contributed by atoms with Gasteiger partial charge in [0.15, 0.2) is 0 Å². The maximum atomic E-state index is 13.4. The first-order chi connectivity index (χ1) is 13.8. The van der Waals surface area contributed by atoms with E-state index in [2.05, 4.69) is 25.0 Å². The number of hydrogen-bond acceptors (Lipinski definition) is 7. The van der Waals surface area contributed by atoms with Gasteiger partial charge in [-0.15, -0.1) is 0 Å². The number of aromatic nitrogens is 2. The number of rotatable bonds is 3. The monoisotopic (exact) mass is 421 g/mol. The number of carbonyl (C=O) groups excluding carboxylic acids is 2. The molecule has 156 valence electrons. The van der Waals surface area contributed by atoms with Crippen molar-refractivity contribution in [2.75, 3.05) is 19.3 Å². The highest BCUT2D eigenvalue weighted by Crippen LogP contribution is 2.29. The third-order valence-electron chi connectivity index (χ3n) is 5.44. The van der Waals surface area contributed by atoms with Gasteiger partial charge >= 0.3 is 16.2 Å². The number of hydrogen-bond donors (Lipinski definition) is 3. The molecule has 1 saturated heterocycles. The molecule has 2 aromatic rings. The first-order valence-electron chi connectivity index (χ1n) is 9.47. The van der Waals surface area contributed by atoms with E-state index in [1.165, 1.54) is 0 Å². The van der Waals surface area contributed by atoms with Crippen LogP contribution in [0.4, 0.5) is 4.79 Å². The molecule has 10 nitrogen and oxygen atoms in total. The zero-order valence-electron chi connectivity index (χ0n) is 16.0. The summed E-state index contributed by atoms with van der Waals surface area (Å²) in [6.07, 6.45) is 3.24. The highest BCUT2D eigenvalue weighted by atomic mass is 32.2. The molecule has 1 fully saturated rings. The molecular formula is C18H23N5O5S. The van der Waals surface area contributed by atoms with E-state index in [1.54, 1.807) is 11.1 Å². The van der Waals surface area contributed by atoms with Crippen molar-refractivity contribution in [1.29, 1.82) is 0 Å². The molecule has 1 unspecified atom stereocenters. The standard InChI is InChI=1S/C18H23N5O5S/c1-29(26,27)28-18(25)21-16-8-11-2-3-15-13(9-20-22-15)14(11)10-23(17(16)24)12-4-6-19-7-5-12/h2-3,9,12,16,19H,4-8,10H2,1H3,(H,20,22)(H,21,25). The molecule has 4 rings (SSSR count). The second kappa shape index (κ2) is 7.64. The molecule has 2 aliphatic rings. The van der Waals surface area contributed by atoms with Crippen molar-refractivity contribution in [2.45, 2.75) is 37.9 Å². The van der Waals surface area contributed by atoms with Gasteiger partial charge in [0.1, 0.15) is 6.04 Å². The molecule has 29 heavy (non-hydrogen) atoms. The summed E-state index contributed by atoms with van der Waals surface area (Å²) in [6, 6.07) is 2.92. The molecular weight excluding hydrogens is 398 g/mol. The Bertz CT molecular complexity index is 1040. The van der Waals surface area contributed by atoms with Gasteiger partial charge in [-0.05, 0) is 43.1 Å². The van der Waals surface area contributed by atoms with Crippen LogP contribution in [0.15, 0.2) is 18.3 Å². The summed E-state index contributed by atoms with van der Waals surface area (Å²) in [4.78, 5) is 27.2. The maximum Gasteiger partial charge on any atom is 0.423 e. The minimum atomic E-state index is -3.97. The fraction of sp³-hybridized carbons (Fsp3) is 0.500. The second-order valence-electron chi connectivity index (χ2n) is 7.46. The van der Waals surface area contributed by atoms with Crippen LogP contribution in [0.1, 0.15) is 24.0 Å². The van der Waals surface area contributed by atoms with Gasteiger partial charge in [-0.1, -0.05) is 6.07 Å². The van der Waals surface area contributed by atoms with Crippen LogP contribution in [-0.2, 0) is 32.1 Å². The van der Waals surface area contributed by atoms with Crippen LogP contribution in [0, 0.1) is 0 Å². The van der Waals surface area contributed by atoms with Gasteiger partial charge in [-0.3, -0.25) is 9.89 Å². The van der Waals surface area contributed by atoms with Crippen molar-refractivity contribution >= 4 is 33.0 Å². The Morgan fingerprint density at radius 3 is 2.79 bits per heavy atom. The molecule has 2 aliphatic heterocycles. The third kappa shape index (κ3) is 4.20. The average molecular weight is 421 g/mol. The number of fused-ring (bicyclic) bond motifs is 3. The van der Waals surface area contributed by atoms with E-state index < -0.39 is 22.3 Å². The molecule has 1 aromatic heterocycles. The van der Waals surface area contributed by atoms with E-state index >= 15 is 0 Å². The van der Waals surface area contributed by atoms with Crippen LogP contribution in [-0.4, -0.2) is 66.9 Å². The molecule has 0 saturated carbocycles. The van der Waals surface area contributed by atoms with Crippen molar-refractivity contribution in [1.82, 2.24) is 25.7 Å². The van der Waals surface area contributed by atoms with Gasteiger partial charge < -0.3 is 19.7 Å². The summed E-state index contributed by atoms with van der Waals surface area (Å²) in [6.45, 7) is 2.03. The quantitative estimate of drug-likeness (QED) is 0.605. The Morgan fingerprint density at radius 1 is 1.31 bits per heavy atom. The second-order valence-corrected chi connectivity index (χ2v) is 9.03. The molecule has 3 heterocycles. The van der Waals surface area contributed by atoms with Crippen LogP contribution in [0.2, 0.25) is 0 Å². The number of nitrogens with zero attached hydrogens (tertiary/aromatic N) is 2. The number of H-pyrrole nitrogens is 1. The van der Waals surface area contributed by atoms with E-state index in [9.17, 15) is 18.0 Å². The molecule has 0 radical (unpaired) electrons. The molecule has 1 atom stereocenters. The lowest BCUT2D eigenvalue weighted by molar-refractivity contribution is -0.136. The molecule has 2 amide bonds.